The molecule has 4 heteroatoms. The number of nitrogens with zero attached hydrogens (tertiary/aromatic N) is 1. The van der Waals surface area contributed by atoms with Gasteiger partial charge in [0.25, 0.3) is 0 Å². The first-order chi connectivity index (χ1) is 10.3. The maximum absolute atomic E-state index is 13.7. The minimum absolute atomic E-state index is 0.282. The zero-order valence-corrected chi connectivity index (χ0v) is 13.0. The molecular formula is C17H21ClFNO. The molecule has 0 saturated carbocycles. The highest BCUT2D eigenvalue weighted by Gasteiger charge is 2.10. The molecule has 0 bridgehead atoms. The van der Waals surface area contributed by atoms with Gasteiger partial charge in [-0.2, -0.15) is 0 Å². The summed E-state index contributed by atoms with van der Waals surface area (Å²) in [5, 5.41) is 0. The first kappa shape index (κ1) is 16.1. The van der Waals surface area contributed by atoms with Gasteiger partial charge < -0.3 is 4.74 Å². The molecular weight excluding hydrogens is 289 g/mol. The summed E-state index contributed by atoms with van der Waals surface area (Å²) < 4.78 is 19.3. The lowest BCUT2D eigenvalue weighted by molar-refractivity contribution is 0.180. The van der Waals surface area contributed by atoms with E-state index in [0.717, 1.165) is 25.2 Å². The van der Waals surface area contributed by atoms with Crippen LogP contribution in [0.5, 0.6) is 5.75 Å². The molecule has 0 amide bonds. The summed E-state index contributed by atoms with van der Waals surface area (Å²) in [5.74, 6) is 6.35. The van der Waals surface area contributed by atoms with Gasteiger partial charge in [-0.05, 0) is 44.1 Å². The van der Waals surface area contributed by atoms with Crippen molar-refractivity contribution in [3.8, 4) is 17.6 Å². The highest BCUT2D eigenvalue weighted by molar-refractivity contribution is 6.18. The minimum Gasteiger partial charge on any atom is -0.489 e. The van der Waals surface area contributed by atoms with Crippen molar-refractivity contribution in [2.45, 2.75) is 25.7 Å². The largest absolute Gasteiger partial charge is 0.489 e. The van der Waals surface area contributed by atoms with E-state index in [2.05, 4.69) is 16.7 Å². The van der Waals surface area contributed by atoms with E-state index in [1.807, 2.05) is 0 Å². The second-order valence-corrected chi connectivity index (χ2v) is 5.51. The van der Waals surface area contributed by atoms with Crippen molar-refractivity contribution < 1.29 is 9.13 Å². The monoisotopic (exact) mass is 309 g/mol. The van der Waals surface area contributed by atoms with Gasteiger partial charge in [0, 0.05) is 24.4 Å². The van der Waals surface area contributed by atoms with Crippen molar-refractivity contribution in [1.29, 1.82) is 0 Å². The summed E-state index contributed by atoms with van der Waals surface area (Å²) in [7, 11) is 0. The average molecular weight is 310 g/mol. The fraction of sp³-hybridized carbons (Fsp3) is 0.529. The van der Waals surface area contributed by atoms with Crippen molar-refractivity contribution in [2.75, 3.05) is 32.1 Å². The third kappa shape index (κ3) is 5.57. The Bertz CT molecular complexity index is 503. The molecule has 0 N–H and O–H groups in total. The Hall–Kier alpha value is -1.24. The second kappa shape index (κ2) is 8.92. The van der Waals surface area contributed by atoms with E-state index in [-0.39, 0.29) is 11.6 Å². The molecule has 1 aliphatic heterocycles. The molecule has 0 radical (unpaired) electrons. The third-order valence-corrected chi connectivity index (χ3v) is 3.69. The van der Waals surface area contributed by atoms with Crippen LogP contribution in [0.25, 0.3) is 0 Å². The fourth-order valence-corrected chi connectivity index (χ4v) is 2.47. The molecule has 1 aromatic carbocycles. The Morgan fingerprint density at radius 2 is 2.05 bits per heavy atom. The maximum Gasteiger partial charge on any atom is 0.165 e. The zero-order chi connectivity index (χ0) is 14.9. The van der Waals surface area contributed by atoms with E-state index in [1.54, 1.807) is 12.1 Å². The number of rotatable bonds is 5. The standard InChI is InChI=1S/C17H21ClFNO/c18-9-3-2-6-15-7-8-16(19)17(14-15)21-13-12-20-10-4-1-5-11-20/h7-8,14H,1,3-5,9-13H2. The summed E-state index contributed by atoms with van der Waals surface area (Å²) in [6, 6.07) is 4.72. The van der Waals surface area contributed by atoms with Gasteiger partial charge in [-0.3, -0.25) is 4.90 Å². The number of alkyl halides is 1. The topological polar surface area (TPSA) is 12.5 Å². The summed E-state index contributed by atoms with van der Waals surface area (Å²) in [6.07, 6.45) is 4.44. The van der Waals surface area contributed by atoms with Gasteiger partial charge in [-0.15, -0.1) is 11.6 Å². The van der Waals surface area contributed by atoms with Gasteiger partial charge in [0.2, 0.25) is 0 Å². The zero-order valence-electron chi connectivity index (χ0n) is 12.2. The van der Waals surface area contributed by atoms with Crippen LogP contribution in [-0.2, 0) is 0 Å². The van der Waals surface area contributed by atoms with E-state index in [1.165, 1.54) is 25.3 Å². The molecule has 0 aromatic heterocycles. The van der Waals surface area contributed by atoms with Crippen LogP contribution >= 0.6 is 11.6 Å². The summed E-state index contributed by atoms with van der Waals surface area (Å²) in [4.78, 5) is 2.37. The molecule has 0 atom stereocenters. The number of benzene rings is 1. The van der Waals surface area contributed by atoms with Gasteiger partial charge in [0.1, 0.15) is 6.61 Å². The molecule has 114 valence electrons. The van der Waals surface area contributed by atoms with Gasteiger partial charge >= 0.3 is 0 Å². The number of likely N-dealkylation sites (tertiary alicyclic amines) is 1. The molecule has 1 fully saturated rings. The summed E-state index contributed by atoms with van der Waals surface area (Å²) in [5.41, 5.74) is 0.759. The summed E-state index contributed by atoms with van der Waals surface area (Å²) in [6.45, 7) is 3.60. The molecule has 21 heavy (non-hydrogen) atoms. The lowest BCUT2D eigenvalue weighted by Crippen LogP contribution is -2.33. The molecule has 0 aliphatic carbocycles. The van der Waals surface area contributed by atoms with Gasteiger partial charge in [0.05, 0.1) is 0 Å². The number of ether oxygens (including phenoxy) is 1. The molecule has 0 unspecified atom stereocenters. The number of hydrogen-bond acceptors (Lipinski definition) is 2. The van der Waals surface area contributed by atoms with Crippen molar-refractivity contribution in [1.82, 2.24) is 4.90 Å². The Morgan fingerprint density at radius 1 is 1.24 bits per heavy atom. The lowest BCUT2D eigenvalue weighted by Gasteiger charge is -2.26. The van der Waals surface area contributed by atoms with Gasteiger partial charge in [0.15, 0.2) is 11.6 Å². The predicted octanol–water partition coefficient (Wildman–Crippen LogP) is 3.67. The maximum atomic E-state index is 13.7. The quantitative estimate of drug-likeness (QED) is 0.608. The van der Waals surface area contributed by atoms with Gasteiger partial charge in [-0.1, -0.05) is 18.3 Å². The SMILES string of the molecule is Fc1ccc(C#CCCCl)cc1OCCN1CCCCC1. The second-order valence-electron chi connectivity index (χ2n) is 5.14. The molecule has 2 rings (SSSR count). The van der Waals surface area contributed by atoms with Crippen molar-refractivity contribution in [3.05, 3.63) is 29.6 Å². The Balaban J connectivity index is 1.86. The van der Waals surface area contributed by atoms with Crippen LogP contribution in [-0.4, -0.2) is 37.0 Å². The van der Waals surface area contributed by atoms with Crippen LogP contribution in [0.4, 0.5) is 4.39 Å². The highest BCUT2D eigenvalue weighted by atomic mass is 35.5. The third-order valence-electron chi connectivity index (χ3n) is 3.50. The number of piperidine rings is 1. The molecule has 0 spiro atoms. The first-order valence-electron chi connectivity index (χ1n) is 7.49. The minimum atomic E-state index is -0.337. The van der Waals surface area contributed by atoms with E-state index >= 15 is 0 Å². The molecule has 1 aliphatic rings. The van der Waals surface area contributed by atoms with Crippen LogP contribution in [0.2, 0.25) is 0 Å². The number of halogens is 2. The van der Waals surface area contributed by atoms with E-state index in [0.29, 0.717) is 18.9 Å². The fourth-order valence-electron chi connectivity index (χ4n) is 2.37. The van der Waals surface area contributed by atoms with Gasteiger partial charge in [-0.25, -0.2) is 4.39 Å². The smallest absolute Gasteiger partial charge is 0.165 e. The van der Waals surface area contributed by atoms with Crippen LogP contribution in [0.15, 0.2) is 18.2 Å². The highest BCUT2D eigenvalue weighted by Crippen LogP contribution is 2.18. The Morgan fingerprint density at radius 3 is 2.81 bits per heavy atom. The van der Waals surface area contributed by atoms with Crippen LogP contribution in [0, 0.1) is 17.7 Å². The molecule has 1 heterocycles. The van der Waals surface area contributed by atoms with E-state index < -0.39 is 0 Å². The van der Waals surface area contributed by atoms with Crippen LogP contribution < -0.4 is 4.74 Å². The molecule has 1 aromatic rings. The lowest BCUT2D eigenvalue weighted by atomic mass is 10.1. The Labute approximate surface area is 131 Å². The van der Waals surface area contributed by atoms with Crippen molar-refractivity contribution >= 4 is 11.6 Å². The van der Waals surface area contributed by atoms with E-state index in [4.69, 9.17) is 16.3 Å². The van der Waals surface area contributed by atoms with E-state index in [9.17, 15) is 4.39 Å². The normalized spacial score (nSPS) is 15.3. The van der Waals surface area contributed by atoms with Crippen LogP contribution in [0.3, 0.4) is 0 Å². The van der Waals surface area contributed by atoms with Crippen molar-refractivity contribution in [3.63, 3.8) is 0 Å². The summed E-state index contributed by atoms with van der Waals surface area (Å²) >= 11 is 5.57. The average Bonchev–Trinajstić information content (AvgIpc) is 2.51. The molecule has 1 saturated heterocycles. The Kier molecular flexibility index (Phi) is 6.85. The van der Waals surface area contributed by atoms with Crippen molar-refractivity contribution in [2.24, 2.45) is 0 Å². The first-order valence-corrected chi connectivity index (χ1v) is 8.02. The predicted molar refractivity (Wildman–Crippen MR) is 84.4 cm³/mol. The molecule has 2 nitrogen and oxygen atoms in total. The van der Waals surface area contributed by atoms with Crippen LogP contribution in [0.1, 0.15) is 31.2 Å². The number of hydrogen-bond donors (Lipinski definition) is 0.